The molecule has 0 aliphatic carbocycles. The second-order valence-corrected chi connectivity index (χ2v) is 6.34. The van der Waals surface area contributed by atoms with E-state index >= 15 is 0 Å². The van der Waals surface area contributed by atoms with Gasteiger partial charge >= 0.3 is 0 Å². The lowest BCUT2D eigenvalue weighted by atomic mass is 10.1. The molecule has 1 saturated heterocycles. The average Bonchev–Trinajstić information content (AvgIpc) is 3.21. The van der Waals surface area contributed by atoms with Crippen molar-refractivity contribution >= 4 is 17.7 Å². The topological polar surface area (TPSA) is 96.3 Å². The number of carbonyl (C=O) groups excluding carboxylic acids is 3. The van der Waals surface area contributed by atoms with Crippen LogP contribution in [0.2, 0.25) is 0 Å². The van der Waals surface area contributed by atoms with Gasteiger partial charge in [0.2, 0.25) is 11.8 Å². The number of allylic oxidation sites excluding steroid dienone is 1. The summed E-state index contributed by atoms with van der Waals surface area (Å²) < 4.78 is 1.62. The summed E-state index contributed by atoms with van der Waals surface area (Å²) in [6, 6.07) is -0.851. The van der Waals surface area contributed by atoms with Crippen LogP contribution in [0.15, 0.2) is 24.7 Å². The molecule has 2 atom stereocenters. The van der Waals surface area contributed by atoms with Gasteiger partial charge in [0.25, 0.3) is 5.91 Å². The van der Waals surface area contributed by atoms with E-state index in [0.717, 1.165) is 6.42 Å². The van der Waals surface area contributed by atoms with Crippen LogP contribution in [0, 0.1) is 0 Å². The molecule has 0 spiro atoms. The molecule has 1 aliphatic rings. The van der Waals surface area contributed by atoms with Crippen molar-refractivity contribution in [3.05, 3.63) is 30.4 Å². The fourth-order valence-corrected chi connectivity index (χ4v) is 3.06. The summed E-state index contributed by atoms with van der Waals surface area (Å²) in [7, 11) is 1.73. The molecule has 2 heterocycles. The first-order chi connectivity index (χ1) is 12.5. The predicted molar refractivity (Wildman–Crippen MR) is 97.3 cm³/mol. The molecular weight excluding hydrogens is 334 g/mol. The van der Waals surface area contributed by atoms with Crippen molar-refractivity contribution in [3.63, 3.8) is 0 Å². The van der Waals surface area contributed by atoms with E-state index in [1.807, 2.05) is 26.0 Å². The number of rotatable bonds is 7. The zero-order chi connectivity index (χ0) is 19.1. The summed E-state index contributed by atoms with van der Waals surface area (Å²) in [4.78, 5) is 42.8. The highest BCUT2D eigenvalue weighted by molar-refractivity contribution is 5.97. The number of amides is 3. The summed E-state index contributed by atoms with van der Waals surface area (Å²) in [5.41, 5.74) is 0.414. The van der Waals surface area contributed by atoms with E-state index < -0.39 is 6.04 Å². The van der Waals surface area contributed by atoms with Gasteiger partial charge < -0.3 is 20.1 Å². The van der Waals surface area contributed by atoms with Gasteiger partial charge in [-0.1, -0.05) is 19.1 Å². The lowest BCUT2D eigenvalue weighted by molar-refractivity contribution is -0.125. The smallest absolute Gasteiger partial charge is 0.272 e. The maximum atomic E-state index is 12.9. The number of hydrogen-bond donors (Lipinski definition) is 2. The number of aromatic nitrogens is 2. The first-order valence-corrected chi connectivity index (χ1v) is 8.97. The third kappa shape index (κ3) is 4.71. The Hall–Kier alpha value is -2.64. The molecule has 0 unspecified atom stereocenters. The minimum atomic E-state index is -0.603. The summed E-state index contributed by atoms with van der Waals surface area (Å²) >= 11 is 0. The number of likely N-dealkylation sites (tertiary alicyclic amines) is 1. The number of hydrogen-bond acceptors (Lipinski definition) is 4. The fourth-order valence-electron chi connectivity index (χ4n) is 3.06. The van der Waals surface area contributed by atoms with Gasteiger partial charge in [0.15, 0.2) is 0 Å². The van der Waals surface area contributed by atoms with Crippen LogP contribution in [-0.2, 0) is 16.6 Å². The van der Waals surface area contributed by atoms with E-state index in [1.165, 1.54) is 11.1 Å². The lowest BCUT2D eigenvalue weighted by Gasteiger charge is -2.23. The second-order valence-electron chi connectivity index (χ2n) is 6.34. The van der Waals surface area contributed by atoms with Gasteiger partial charge in [-0.2, -0.15) is 0 Å². The molecule has 1 fully saturated rings. The molecule has 0 saturated carbocycles. The molecule has 0 radical (unpaired) electrons. The molecule has 8 nitrogen and oxygen atoms in total. The third-order valence-corrected chi connectivity index (χ3v) is 4.32. The maximum Gasteiger partial charge on any atom is 0.272 e. The van der Waals surface area contributed by atoms with Crippen LogP contribution in [0.1, 0.15) is 43.6 Å². The van der Waals surface area contributed by atoms with E-state index in [9.17, 15) is 14.4 Å². The molecule has 2 N–H and O–H groups in total. The minimum Gasteiger partial charge on any atom is -0.355 e. The normalized spacial score (nSPS) is 19.7. The highest BCUT2D eigenvalue weighted by Crippen LogP contribution is 2.21. The molecule has 0 bridgehead atoms. The molecule has 8 heteroatoms. The van der Waals surface area contributed by atoms with E-state index in [-0.39, 0.29) is 23.8 Å². The highest BCUT2D eigenvalue weighted by Gasteiger charge is 2.40. The van der Waals surface area contributed by atoms with Crippen molar-refractivity contribution in [3.8, 4) is 0 Å². The number of carbonyl (C=O) groups is 3. The van der Waals surface area contributed by atoms with Crippen LogP contribution in [0.3, 0.4) is 0 Å². The summed E-state index contributed by atoms with van der Waals surface area (Å²) in [5, 5.41) is 5.69. The van der Waals surface area contributed by atoms with Crippen molar-refractivity contribution in [2.75, 3.05) is 13.1 Å². The fraction of sp³-hybridized carbons (Fsp3) is 0.556. The van der Waals surface area contributed by atoms with Crippen molar-refractivity contribution in [2.24, 2.45) is 7.05 Å². The number of nitrogens with zero attached hydrogens (tertiary/aromatic N) is 3. The van der Waals surface area contributed by atoms with Crippen molar-refractivity contribution in [1.82, 2.24) is 25.1 Å². The number of aryl methyl sites for hydroxylation is 1. The van der Waals surface area contributed by atoms with Crippen LogP contribution in [-0.4, -0.2) is 57.3 Å². The van der Waals surface area contributed by atoms with E-state index in [1.54, 1.807) is 17.9 Å². The highest BCUT2D eigenvalue weighted by atomic mass is 16.2. The van der Waals surface area contributed by atoms with Gasteiger partial charge in [-0.3, -0.25) is 14.4 Å². The zero-order valence-electron chi connectivity index (χ0n) is 15.6. The summed E-state index contributed by atoms with van der Waals surface area (Å²) in [6.45, 7) is 4.63. The molecule has 2 rings (SSSR count). The lowest BCUT2D eigenvalue weighted by Crippen LogP contribution is -2.46. The predicted octanol–water partition coefficient (Wildman–Crippen LogP) is 0.612. The first kappa shape index (κ1) is 19.7. The Bertz CT molecular complexity index is 682. The molecule has 1 aliphatic heterocycles. The summed E-state index contributed by atoms with van der Waals surface area (Å²) in [5.74, 6) is -0.571. The van der Waals surface area contributed by atoms with Crippen LogP contribution < -0.4 is 10.6 Å². The Kier molecular flexibility index (Phi) is 6.94. The summed E-state index contributed by atoms with van der Waals surface area (Å²) in [6.07, 6.45) is 8.36. The Labute approximate surface area is 153 Å². The number of nitrogens with one attached hydrogen (secondary N) is 2. The van der Waals surface area contributed by atoms with E-state index in [2.05, 4.69) is 15.6 Å². The molecule has 1 aromatic heterocycles. The zero-order valence-corrected chi connectivity index (χ0v) is 15.6. The molecular formula is C18H27N5O3. The van der Waals surface area contributed by atoms with Gasteiger partial charge in [0, 0.05) is 32.6 Å². The maximum absolute atomic E-state index is 12.9. The number of imidazole rings is 1. The van der Waals surface area contributed by atoms with Crippen molar-refractivity contribution in [1.29, 1.82) is 0 Å². The molecule has 0 aromatic carbocycles. The van der Waals surface area contributed by atoms with Gasteiger partial charge in [-0.05, 0) is 19.8 Å². The number of likely N-dealkylation sites (N-methyl/N-ethyl adjacent to an activating group) is 1. The van der Waals surface area contributed by atoms with E-state index in [0.29, 0.717) is 31.6 Å². The average molecular weight is 361 g/mol. The van der Waals surface area contributed by atoms with Crippen LogP contribution >= 0.6 is 0 Å². The Morgan fingerprint density at radius 3 is 2.69 bits per heavy atom. The second kappa shape index (κ2) is 9.17. The third-order valence-electron chi connectivity index (χ3n) is 4.32. The van der Waals surface area contributed by atoms with Crippen molar-refractivity contribution in [2.45, 2.75) is 45.2 Å². The molecule has 26 heavy (non-hydrogen) atoms. The van der Waals surface area contributed by atoms with Crippen molar-refractivity contribution < 1.29 is 14.4 Å². The van der Waals surface area contributed by atoms with Crippen LogP contribution in [0.25, 0.3) is 0 Å². The minimum absolute atomic E-state index is 0.107. The quantitative estimate of drug-likeness (QED) is 0.696. The van der Waals surface area contributed by atoms with Gasteiger partial charge in [-0.15, -0.1) is 0 Å². The Balaban J connectivity index is 2.10. The van der Waals surface area contributed by atoms with Crippen LogP contribution in [0.4, 0.5) is 0 Å². The molecule has 3 amide bonds. The monoisotopic (exact) mass is 361 g/mol. The Morgan fingerprint density at radius 1 is 1.31 bits per heavy atom. The van der Waals surface area contributed by atoms with Gasteiger partial charge in [-0.25, -0.2) is 4.98 Å². The molecule has 142 valence electrons. The molecule has 1 aromatic rings. The standard InChI is InChI=1S/C18H27N5O3/c1-4-6-7-8-16(24)21-13-9-14(17(25)20-5-2)23(11-13)18(26)15-10-19-12-22(15)3/h6-7,10,12-14H,4-5,8-9,11H2,1-3H3,(H,20,25)(H,21,24)/b7-6+/t13-,14+/m1/s1. The van der Waals surface area contributed by atoms with Gasteiger partial charge in [0.1, 0.15) is 11.7 Å². The Morgan fingerprint density at radius 2 is 2.08 bits per heavy atom. The van der Waals surface area contributed by atoms with Crippen LogP contribution in [0.5, 0.6) is 0 Å². The SMILES string of the molecule is CC/C=C/CC(=O)N[C@@H]1C[C@@H](C(=O)NCC)N(C(=O)c2cncn2C)C1. The largest absolute Gasteiger partial charge is 0.355 e. The van der Waals surface area contributed by atoms with E-state index in [4.69, 9.17) is 0 Å². The first-order valence-electron chi connectivity index (χ1n) is 8.97. The van der Waals surface area contributed by atoms with Gasteiger partial charge in [0.05, 0.1) is 12.5 Å².